The van der Waals surface area contributed by atoms with Crippen LogP contribution in [0.2, 0.25) is 0 Å². The van der Waals surface area contributed by atoms with Crippen LogP contribution >= 0.6 is 0 Å². The van der Waals surface area contributed by atoms with E-state index in [1.807, 2.05) is 0 Å². The van der Waals surface area contributed by atoms with Crippen LogP contribution in [-0.2, 0) is 14.7 Å². The van der Waals surface area contributed by atoms with E-state index in [-0.39, 0.29) is 6.10 Å². The summed E-state index contributed by atoms with van der Waals surface area (Å²) in [5.41, 5.74) is 0. The summed E-state index contributed by atoms with van der Waals surface area (Å²) in [4.78, 5) is 0. The lowest BCUT2D eigenvalue weighted by Gasteiger charge is -1.88. The third-order valence-electron chi connectivity index (χ3n) is 0.775. The zero-order valence-electron chi connectivity index (χ0n) is 4.00. The van der Waals surface area contributed by atoms with Crippen molar-refractivity contribution in [3.05, 3.63) is 0 Å². The van der Waals surface area contributed by atoms with E-state index >= 15 is 0 Å². The molecule has 1 aliphatic rings. The first-order valence-corrected chi connectivity index (χ1v) is 3.52. The Morgan fingerprint density at radius 2 is 2.00 bits per heavy atom. The third kappa shape index (κ3) is 2.23. The van der Waals surface area contributed by atoms with Gasteiger partial charge in [0.05, 0.1) is 6.10 Å². The Labute approximate surface area is 46.9 Å². The fraction of sp³-hybridized carbons (Fsp3) is 1.00. The van der Waals surface area contributed by atoms with Gasteiger partial charge in [-0.05, 0) is 12.8 Å². The molecule has 0 unspecified atom stereocenters. The van der Waals surface area contributed by atoms with Crippen molar-refractivity contribution in [2.75, 3.05) is 0 Å². The number of rotatable bonds is 2. The summed E-state index contributed by atoms with van der Waals surface area (Å²) in [6.07, 6.45) is 0.941. The van der Waals surface area contributed by atoms with Crippen molar-refractivity contribution in [2.45, 2.75) is 18.9 Å². The molecule has 0 aliphatic heterocycles. The Morgan fingerprint density at radius 1 is 1.50 bits per heavy atom. The molecule has 1 saturated carbocycles. The monoisotopic (exact) mass is 140 g/mol. The fourth-order valence-electron chi connectivity index (χ4n) is 0.327. The van der Waals surface area contributed by atoms with E-state index in [4.69, 9.17) is 0 Å². The van der Waals surface area contributed by atoms with Crippen LogP contribution in [0.15, 0.2) is 0 Å². The minimum absolute atomic E-state index is 0.370. The molecule has 1 fully saturated rings. The van der Waals surface area contributed by atoms with Gasteiger partial charge in [-0.15, -0.1) is 0 Å². The topological polar surface area (TPSA) is 43.4 Å². The van der Waals surface area contributed by atoms with Gasteiger partial charge >= 0.3 is 10.5 Å². The molecule has 1 aliphatic carbocycles. The highest BCUT2D eigenvalue weighted by atomic mass is 32.3. The molecule has 1 rings (SSSR count). The molecular weight excluding hydrogens is 135 g/mol. The second kappa shape index (κ2) is 1.66. The Morgan fingerprint density at radius 3 is 2.12 bits per heavy atom. The summed E-state index contributed by atoms with van der Waals surface area (Å²) in [6.45, 7) is 0. The molecule has 48 valence electrons. The molecule has 0 radical (unpaired) electrons. The molecular formula is C3H5FO3S. The van der Waals surface area contributed by atoms with Gasteiger partial charge in [0, 0.05) is 0 Å². The molecule has 5 heteroatoms. The van der Waals surface area contributed by atoms with Crippen LogP contribution in [0.4, 0.5) is 3.89 Å². The van der Waals surface area contributed by atoms with Crippen LogP contribution < -0.4 is 0 Å². The fourth-order valence-corrected chi connectivity index (χ4v) is 0.844. The lowest BCUT2D eigenvalue weighted by atomic mass is 10.9. The van der Waals surface area contributed by atoms with Gasteiger partial charge < -0.3 is 0 Å². The number of halogens is 1. The summed E-state index contributed by atoms with van der Waals surface area (Å²) in [5, 5.41) is 0. The minimum Gasteiger partial charge on any atom is -0.241 e. The molecule has 0 bridgehead atoms. The zero-order valence-corrected chi connectivity index (χ0v) is 4.82. The Bertz CT molecular complexity index is 169. The van der Waals surface area contributed by atoms with Crippen LogP contribution in [0.5, 0.6) is 0 Å². The molecule has 8 heavy (non-hydrogen) atoms. The summed E-state index contributed by atoms with van der Waals surface area (Å²) < 4.78 is 34.5. The molecule has 0 aromatic heterocycles. The van der Waals surface area contributed by atoms with Crippen molar-refractivity contribution in [3.63, 3.8) is 0 Å². The Hall–Kier alpha value is -0.160. The largest absolute Gasteiger partial charge is 0.437 e. The second-order valence-corrected chi connectivity index (χ2v) is 2.67. The van der Waals surface area contributed by atoms with Gasteiger partial charge in [-0.2, -0.15) is 8.42 Å². The van der Waals surface area contributed by atoms with Gasteiger partial charge in [0.25, 0.3) is 0 Å². The van der Waals surface area contributed by atoms with Gasteiger partial charge in [0.1, 0.15) is 0 Å². The smallest absolute Gasteiger partial charge is 0.241 e. The van der Waals surface area contributed by atoms with Gasteiger partial charge in [0.2, 0.25) is 0 Å². The minimum atomic E-state index is -4.66. The molecule has 0 heterocycles. The predicted molar refractivity (Wildman–Crippen MR) is 24.1 cm³/mol. The van der Waals surface area contributed by atoms with Crippen molar-refractivity contribution >= 4 is 10.5 Å². The number of hydrogen-bond acceptors (Lipinski definition) is 3. The van der Waals surface area contributed by atoms with Crippen LogP contribution in [0.1, 0.15) is 12.8 Å². The van der Waals surface area contributed by atoms with E-state index in [1.54, 1.807) is 0 Å². The average Bonchev–Trinajstić information content (AvgIpc) is 2.12. The molecule has 3 nitrogen and oxygen atoms in total. The predicted octanol–water partition coefficient (Wildman–Crippen LogP) is 0.380. The first-order chi connectivity index (χ1) is 3.58. The molecule has 0 amide bonds. The molecule has 0 saturated heterocycles. The normalized spacial score (nSPS) is 21.1. The van der Waals surface area contributed by atoms with Crippen molar-refractivity contribution in [1.29, 1.82) is 0 Å². The summed E-state index contributed by atoms with van der Waals surface area (Å²) in [7, 11) is -4.66. The van der Waals surface area contributed by atoms with Gasteiger partial charge in [-0.3, -0.25) is 0 Å². The second-order valence-electron chi connectivity index (χ2n) is 1.69. The SMILES string of the molecule is O=S(=O)(F)OC1CC1. The first-order valence-electron chi connectivity index (χ1n) is 2.21. The molecule has 0 N–H and O–H groups in total. The van der Waals surface area contributed by atoms with Crippen molar-refractivity contribution < 1.29 is 16.5 Å². The van der Waals surface area contributed by atoms with E-state index in [0.717, 1.165) is 0 Å². The quantitative estimate of drug-likeness (QED) is 0.521. The highest BCUT2D eigenvalue weighted by Crippen LogP contribution is 2.25. The maximum atomic E-state index is 11.4. The summed E-state index contributed by atoms with van der Waals surface area (Å²) in [5.74, 6) is 0. The Kier molecular flexibility index (Phi) is 1.24. The molecule has 0 aromatic carbocycles. The van der Waals surface area contributed by atoms with Crippen LogP contribution in [-0.4, -0.2) is 14.5 Å². The Balaban J connectivity index is 2.38. The average molecular weight is 140 g/mol. The molecule has 0 spiro atoms. The highest BCUT2D eigenvalue weighted by molar-refractivity contribution is 7.81. The summed E-state index contributed by atoms with van der Waals surface area (Å²) >= 11 is 0. The van der Waals surface area contributed by atoms with Gasteiger partial charge in [0.15, 0.2) is 0 Å². The van der Waals surface area contributed by atoms with Gasteiger partial charge in [-0.1, -0.05) is 3.89 Å². The van der Waals surface area contributed by atoms with E-state index < -0.39 is 10.5 Å². The van der Waals surface area contributed by atoms with Crippen LogP contribution in [0.25, 0.3) is 0 Å². The van der Waals surface area contributed by atoms with E-state index in [0.29, 0.717) is 12.8 Å². The van der Waals surface area contributed by atoms with E-state index in [9.17, 15) is 12.3 Å². The standard InChI is InChI=1S/C3H5FO3S/c4-8(5,6)7-3-1-2-3/h3H,1-2H2. The maximum absolute atomic E-state index is 11.4. The van der Waals surface area contributed by atoms with Crippen LogP contribution in [0, 0.1) is 0 Å². The highest BCUT2D eigenvalue weighted by Gasteiger charge is 2.28. The summed E-state index contributed by atoms with van der Waals surface area (Å²) in [6, 6.07) is 0. The number of hydrogen-bond donors (Lipinski definition) is 0. The molecule has 0 aromatic rings. The zero-order chi connectivity index (χ0) is 6.20. The molecule has 0 atom stereocenters. The van der Waals surface area contributed by atoms with E-state index in [2.05, 4.69) is 4.18 Å². The lowest BCUT2D eigenvalue weighted by molar-refractivity contribution is 0.282. The van der Waals surface area contributed by atoms with Crippen LogP contribution in [0.3, 0.4) is 0 Å². The van der Waals surface area contributed by atoms with E-state index in [1.165, 1.54) is 0 Å². The van der Waals surface area contributed by atoms with Gasteiger partial charge in [-0.25, -0.2) is 4.18 Å². The third-order valence-corrected chi connectivity index (χ3v) is 1.28. The van der Waals surface area contributed by atoms with Crippen molar-refractivity contribution in [1.82, 2.24) is 0 Å². The lowest BCUT2D eigenvalue weighted by Crippen LogP contribution is -1.98. The maximum Gasteiger partial charge on any atom is 0.437 e. The first kappa shape index (κ1) is 5.97. The van der Waals surface area contributed by atoms with Crippen molar-refractivity contribution in [3.8, 4) is 0 Å². The van der Waals surface area contributed by atoms with Crippen molar-refractivity contribution in [2.24, 2.45) is 0 Å².